The molecule has 0 saturated heterocycles. The average Bonchev–Trinajstić information content (AvgIpc) is 3.22. The molecule has 5 nitrogen and oxygen atoms in total. The standard InChI is InChI=1S/C53H96O5/c1-4-7-10-13-16-18-20-22-24-25-26-27-28-30-32-34-36-39-42-45-48-56-49-51(58-53(55)47-44-41-37-15-12-9-6-3)50-57-52(54)46-43-40-38-35-33-31-29-23-21-19-17-14-11-8-5-2/h8,11,17,19,23,29,33,35,51H,4-7,9-10,12-16,18,20-22,24-28,30-32,34,36-50H2,1-3H3/b11-8-,19-17-,29-23-,35-33-. The first kappa shape index (κ1) is 55.9. The van der Waals surface area contributed by atoms with Crippen LogP contribution in [-0.2, 0) is 23.8 Å². The average molecular weight is 813 g/mol. The first-order valence-corrected chi connectivity index (χ1v) is 25.2. The molecular weight excluding hydrogens is 717 g/mol. The van der Waals surface area contributed by atoms with Crippen LogP contribution < -0.4 is 0 Å². The van der Waals surface area contributed by atoms with Crippen molar-refractivity contribution < 1.29 is 23.8 Å². The molecule has 338 valence electrons. The third-order valence-corrected chi connectivity index (χ3v) is 10.9. The number of hydrogen-bond donors (Lipinski definition) is 0. The van der Waals surface area contributed by atoms with Crippen LogP contribution in [0.5, 0.6) is 0 Å². The van der Waals surface area contributed by atoms with Gasteiger partial charge in [0, 0.05) is 19.4 Å². The van der Waals surface area contributed by atoms with Gasteiger partial charge in [-0.1, -0.05) is 230 Å². The highest BCUT2D eigenvalue weighted by atomic mass is 16.6. The lowest BCUT2D eigenvalue weighted by Crippen LogP contribution is -2.30. The molecule has 5 heteroatoms. The number of unbranched alkanes of at least 4 members (excludes halogenated alkanes) is 27. The monoisotopic (exact) mass is 813 g/mol. The van der Waals surface area contributed by atoms with Crippen molar-refractivity contribution in [1.82, 2.24) is 0 Å². The second kappa shape index (κ2) is 49.2. The third-order valence-electron chi connectivity index (χ3n) is 10.9. The van der Waals surface area contributed by atoms with E-state index in [2.05, 4.69) is 69.4 Å². The summed E-state index contributed by atoms with van der Waals surface area (Å²) in [7, 11) is 0. The summed E-state index contributed by atoms with van der Waals surface area (Å²) in [6.45, 7) is 7.67. The minimum Gasteiger partial charge on any atom is -0.462 e. The van der Waals surface area contributed by atoms with Gasteiger partial charge in [0.05, 0.1) is 6.61 Å². The summed E-state index contributed by atoms with van der Waals surface area (Å²) in [5.41, 5.74) is 0. The fourth-order valence-electron chi connectivity index (χ4n) is 7.15. The molecule has 0 heterocycles. The van der Waals surface area contributed by atoms with Crippen molar-refractivity contribution in [2.75, 3.05) is 19.8 Å². The molecule has 0 aromatic heterocycles. The van der Waals surface area contributed by atoms with Gasteiger partial charge in [-0.15, -0.1) is 0 Å². The Bertz CT molecular complexity index is 966. The zero-order valence-corrected chi connectivity index (χ0v) is 38.8. The Morgan fingerprint density at radius 2 is 0.776 bits per heavy atom. The van der Waals surface area contributed by atoms with Crippen molar-refractivity contribution in [1.29, 1.82) is 0 Å². The molecule has 0 saturated carbocycles. The highest BCUT2D eigenvalue weighted by Gasteiger charge is 2.17. The van der Waals surface area contributed by atoms with Gasteiger partial charge in [-0.2, -0.15) is 0 Å². The van der Waals surface area contributed by atoms with Crippen LogP contribution >= 0.6 is 0 Å². The van der Waals surface area contributed by atoms with E-state index in [0.29, 0.717) is 19.4 Å². The summed E-state index contributed by atoms with van der Waals surface area (Å²) < 4.78 is 17.3. The Morgan fingerprint density at radius 3 is 1.24 bits per heavy atom. The largest absolute Gasteiger partial charge is 0.462 e. The molecule has 0 N–H and O–H groups in total. The molecule has 0 spiro atoms. The Hall–Kier alpha value is -2.14. The molecular formula is C53H96O5. The van der Waals surface area contributed by atoms with Gasteiger partial charge < -0.3 is 14.2 Å². The first-order valence-electron chi connectivity index (χ1n) is 25.2. The number of ether oxygens (including phenoxy) is 3. The van der Waals surface area contributed by atoms with Crippen molar-refractivity contribution in [3.63, 3.8) is 0 Å². The summed E-state index contributed by atoms with van der Waals surface area (Å²) in [5.74, 6) is -0.442. The summed E-state index contributed by atoms with van der Waals surface area (Å²) in [5, 5.41) is 0. The molecule has 0 radical (unpaired) electrons. The number of rotatable bonds is 46. The van der Waals surface area contributed by atoms with Gasteiger partial charge in [-0.3, -0.25) is 9.59 Å². The minimum atomic E-state index is -0.546. The van der Waals surface area contributed by atoms with Crippen molar-refractivity contribution in [2.24, 2.45) is 0 Å². The van der Waals surface area contributed by atoms with Gasteiger partial charge in [0.25, 0.3) is 0 Å². The van der Waals surface area contributed by atoms with Crippen molar-refractivity contribution in [3.05, 3.63) is 48.6 Å². The van der Waals surface area contributed by atoms with Crippen molar-refractivity contribution >= 4 is 11.9 Å². The van der Waals surface area contributed by atoms with Crippen molar-refractivity contribution in [3.8, 4) is 0 Å². The summed E-state index contributed by atoms with van der Waals surface area (Å²) in [4.78, 5) is 25.2. The molecule has 0 aromatic rings. The van der Waals surface area contributed by atoms with E-state index in [-0.39, 0.29) is 25.2 Å². The molecule has 0 aliphatic heterocycles. The van der Waals surface area contributed by atoms with Gasteiger partial charge in [0.15, 0.2) is 6.10 Å². The van der Waals surface area contributed by atoms with Crippen LogP contribution in [0.3, 0.4) is 0 Å². The normalized spacial score (nSPS) is 12.5. The molecule has 1 atom stereocenters. The second-order valence-electron chi connectivity index (χ2n) is 16.7. The Balaban J connectivity index is 4.11. The third kappa shape index (κ3) is 46.5. The van der Waals surface area contributed by atoms with Crippen LogP contribution in [0.4, 0.5) is 0 Å². The predicted molar refractivity (Wildman–Crippen MR) is 251 cm³/mol. The van der Waals surface area contributed by atoms with Gasteiger partial charge in [-0.05, 0) is 57.8 Å². The lowest BCUT2D eigenvalue weighted by atomic mass is 10.0. The lowest BCUT2D eigenvalue weighted by Gasteiger charge is -2.18. The molecule has 0 aliphatic carbocycles. The van der Waals surface area contributed by atoms with E-state index in [1.54, 1.807) is 0 Å². The molecule has 1 unspecified atom stereocenters. The number of hydrogen-bond acceptors (Lipinski definition) is 5. The topological polar surface area (TPSA) is 61.8 Å². The quantitative estimate of drug-likeness (QED) is 0.0348. The number of esters is 2. The van der Waals surface area contributed by atoms with E-state index in [1.165, 1.54) is 148 Å². The lowest BCUT2D eigenvalue weighted by molar-refractivity contribution is -0.163. The number of allylic oxidation sites excluding steroid dienone is 8. The van der Waals surface area contributed by atoms with E-state index in [0.717, 1.165) is 70.6 Å². The molecule has 0 amide bonds. The van der Waals surface area contributed by atoms with E-state index in [9.17, 15) is 9.59 Å². The fourth-order valence-corrected chi connectivity index (χ4v) is 7.15. The SMILES string of the molecule is CC/C=C\C/C=C\C/C=C\C/C=C\CCCCC(=O)OCC(COCCCCCCCCCCCCCCCCCCCCCC)OC(=O)CCCCCCCCC. The Labute approximate surface area is 361 Å². The summed E-state index contributed by atoms with van der Waals surface area (Å²) >= 11 is 0. The molecule has 0 aromatic carbocycles. The molecule has 0 rings (SSSR count). The first-order chi connectivity index (χ1) is 28.6. The molecule has 0 aliphatic rings. The number of carbonyl (C=O) groups excluding carboxylic acids is 2. The van der Waals surface area contributed by atoms with Crippen LogP contribution in [0.1, 0.15) is 252 Å². The van der Waals surface area contributed by atoms with E-state index < -0.39 is 6.10 Å². The van der Waals surface area contributed by atoms with E-state index >= 15 is 0 Å². The zero-order chi connectivity index (χ0) is 42.1. The fraction of sp³-hybridized carbons (Fsp3) is 0.811. The highest BCUT2D eigenvalue weighted by molar-refractivity contribution is 5.70. The predicted octanol–water partition coefficient (Wildman–Crippen LogP) is 16.8. The maximum atomic E-state index is 12.7. The molecule has 0 bridgehead atoms. The van der Waals surface area contributed by atoms with Crippen LogP contribution in [0.25, 0.3) is 0 Å². The van der Waals surface area contributed by atoms with Gasteiger partial charge >= 0.3 is 11.9 Å². The molecule has 0 fully saturated rings. The van der Waals surface area contributed by atoms with Crippen LogP contribution in [0.15, 0.2) is 48.6 Å². The highest BCUT2D eigenvalue weighted by Crippen LogP contribution is 2.16. The van der Waals surface area contributed by atoms with Crippen LogP contribution in [0.2, 0.25) is 0 Å². The van der Waals surface area contributed by atoms with Crippen LogP contribution in [-0.4, -0.2) is 37.9 Å². The maximum Gasteiger partial charge on any atom is 0.306 e. The van der Waals surface area contributed by atoms with Gasteiger partial charge in [-0.25, -0.2) is 0 Å². The summed E-state index contributed by atoms with van der Waals surface area (Å²) in [6.07, 6.45) is 60.0. The van der Waals surface area contributed by atoms with Crippen molar-refractivity contribution in [2.45, 2.75) is 258 Å². The van der Waals surface area contributed by atoms with Crippen LogP contribution in [0, 0.1) is 0 Å². The van der Waals surface area contributed by atoms with Gasteiger partial charge in [0.2, 0.25) is 0 Å². The van der Waals surface area contributed by atoms with E-state index in [4.69, 9.17) is 14.2 Å². The smallest absolute Gasteiger partial charge is 0.306 e. The van der Waals surface area contributed by atoms with E-state index in [1.807, 2.05) is 0 Å². The second-order valence-corrected chi connectivity index (χ2v) is 16.7. The minimum absolute atomic E-state index is 0.0672. The summed E-state index contributed by atoms with van der Waals surface area (Å²) in [6, 6.07) is 0. The zero-order valence-electron chi connectivity index (χ0n) is 38.8. The van der Waals surface area contributed by atoms with Gasteiger partial charge in [0.1, 0.15) is 6.61 Å². The Kier molecular flexibility index (Phi) is 47.4. The Morgan fingerprint density at radius 1 is 0.397 bits per heavy atom. The maximum absolute atomic E-state index is 12.7. The number of carbonyl (C=O) groups is 2. The molecule has 58 heavy (non-hydrogen) atoms.